The summed E-state index contributed by atoms with van der Waals surface area (Å²) in [5, 5.41) is 2.44. The molecule has 4 heteroatoms. The maximum Gasteiger partial charge on any atom is 0.245 e. The Bertz CT molecular complexity index is 94.0. The molecule has 0 saturated carbocycles. The van der Waals surface area contributed by atoms with E-state index in [9.17, 15) is 4.79 Å². The van der Waals surface area contributed by atoms with Crippen molar-refractivity contribution in [1.29, 1.82) is 0 Å². The second kappa shape index (κ2) is 4.54. The topological polar surface area (TPSA) is 38.3 Å². The Morgan fingerprint density at radius 1 is 2.00 bits per heavy atom. The van der Waals surface area contributed by atoms with Crippen LogP contribution in [0.15, 0.2) is 12.7 Å². The summed E-state index contributed by atoms with van der Waals surface area (Å²) in [5.74, 6) is -0.194. The average Bonchev–Trinajstić information content (AvgIpc) is 1.83. The van der Waals surface area contributed by atoms with Crippen LogP contribution in [0.4, 0.5) is 0 Å². The van der Waals surface area contributed by atoms with E-state index >= 15 is 0 Å². The van der Waals surface area contributed by atoms with Gasteiger partial charge in [0.05, 0.1) is 0 Å². The van der Waals surface area contributed by atoms with Crippen molar-refractivity contribution in [2.75, 3.05) is 6.73 Å². The Hall–Kier alpha value is -0.613. The van der Waals surface area contributed by atoms with Crippen LogP contribution in [0.3, 0.4) is 0 Å². The van der Waals surface area contributed by atoms with Crippen molar-refractivity contribution >= 4 is 16.4 Å². The Labute approximate surface area is 51.3 Å². The molecule has 0 atom stereocenters. The lowest BCUT2D eigenvalue weighted by atomic mass is 10.6. The van der Waals surface area contributed by atoms with E-state index in [2.05, 4.69) is 16.3 Å². The molecule has 0 radical (unpaired) electrons. The van der Waals surface area contributed by atoms with E-state index in [1.54, 1.807) is 0 Å². The van der Waals surface area contributed by atoms with Crippen LogP contribution in [0.5, 0.6) is 0 Å². The summed E-state index contributed by atoms with van der Waals surface area (Å²) in [6.45, 7) is 3.56. The summed E-state index contributed by atoms with van der Waals surface area (Å²) in [7, 11) is 0.648. The first kappa shape index (κ1) is 7.39. The summed E-state index contributed by atoms with van der Waals surface area (Å²) in [4.78, 5) is 10.3. The van der Waals surface area contributed by atoms with Gasteiger partial charge in [-0.1, -0.05) is 6.58 Å². The molecule has 0 bridgehead atoms. The van der Waals surface area contributed by atoms with E-state index in [4.69, 9.17) is 0 Å². The monoisotopic (exact) mass is 131 g/mol. The third-order valence-electron chi connectivity index (χ3n) is 0.576. The Morgan fingerprint density at radius 3 is 3.00 bits per heavy atom. The van der Waals surface area contributed by atoms with Crippen LogP contribution in [0.2, 0.25) is 0 Å². The Kier molecular flexibility index (Phi) is 4.20. The predicted octanol–water partition coefficient (Wildman–Crippen LogP) is -1.46. The van der Waals surface area contributed by atoms with Gasteiger partial charge in [-0.15, -0.1) is 0 Å². The van der Waals surface area contributed by atoms with Crippen LogP contribution in [0.1, 0.15) is 0 Å². The van der Waals surface area contributed by atoms with Crippen molar-refractivity contribution in [3.63, 3.8) is 0 Å². The van der Waals surface area contributed by atoms with Crippen LogP contribution >= 0.6 is 0 Å². The van der Waals surface area contributed by atoms with E-state index in [0.29, 0.717) is 17.2 Å². The van der Waals surface area contributed by atoms with Crippen molar-refractivity contribution in [2.45, 2.75) is 0 Å². The Balaban J connectivity index is 3.11. The van der Waals surface area contributed by atoms with Gasteiger partial charge in [-0.2, -0.15) is 0 Å². The third kappa shape index (κ3) is 3.57. The lowest BCUT2D eigenvalue weighted by Crippen LogP contribution is -2.22. The molecule has 3 nitrogen and oxygen atoms in total. The van der Waals surface area contributed by atoms with Gasteiger partial charge in [0, 0.05) is 0 Å². The van der Waals surface area contributed by atoms with E-state index in [1.165, 1.54) is 6.08 Å². The molecule has 0 heterocycles. The zero-order chi connectivity index (χ0) is 6.41. The zero-order valence-electron chi connectivity index (χ0n) is 4.81. The van der Waals surface area contributed by atoms with Gasteiger partial charge < -0.3 is 9.74 Å². The lowest BCUT2D eigenvalue weighted by molar-refractivity contribution is -0.117. The van der Waals surface area contributed by atoms with Crippen molar-refractivity contribution in [3.05, 3.63) is 12.7 Å². The first-order chi connectivity index (χ1) is 3.81. The number of hydrogen-bond acceptors (Lipinski definition) is 2. The van der Waals surface area contributed by atoms with Gasteiger partial charge in [-0.05, 0) is 6.08 Å². The highest BCUT2D eigenvalue weighted by atomic mass is 28.2. The molecule has 0 aliphatic carbocycles. The highest BCUT2D eigenvalue weighted by molar-refractivity contribution is 5.98. The molecule has 1 N–H and O–H groups in total. The van der Waals surface area contributed by atoms with E-state index in [-0.39, 0.29) is 5.91 Å². The fourth-order valence-corrected chi connectivity index (χ4v) is 0.360. The summed E-state index contributed by atoms with van der Waals surface area (Å²) in [6, 6.07) is 0. The fraction of sp³-hybridized carbons (Fsp3) is 0.250. The summed E-state index contributed by atoms with van der Waals surface area (Å²) in [6.07, 6.45) is 1.21. The SMILES string of the molecule is C=CC(=O)NCO[SiH3]. The predicted molar refractivity (Wildman–Crippen MR) is 34.2 cm³/mol. The zero-order valence-corrected chi connectivity index (χ0v) is 6.81. The molecular weight excluding hydrogens is 122 g/mol. The molecule has 0 rings (SSSR count). The molecule has 0 spiro atoms. The standard InChI is InChI=1S/C4H9NO2Si/c1-2-4(6)5-3-7-8/h2H,1,3H2,8H3,(H,5,6). The van der Waals surface area contributed by atoms with Crippen molar-refractivity contribution in [1.82, 2.24) is 5.32 Å². The van der Waals surface area contributed by atoms with E-state index in [0.717, 1.165) is 0 Å². The van der Waals surface area contributed by atoms with Crippen molar-refractivity contribution in [3.8, 4) is 0 Å². The molecule has 0 aromatic heterocycles. The van der Waals surface area contributed by atoms with Crippen LogP contribution in [-0.4, -0.2) is 23.1 Å². The molecule has 0 aromatic rings. The molecule has 0 saturated heterocycles. The van der Waals surface area contributed by atoms with Gasteiger partial charge in [0.25, 0.3) is 0 Å². The number of hydrogen-bond donors (Lipinski definition) is 1. The molecule has 46 valence electrons. The second-order valence-electron chi connectivity index (χ2n) is 1.18. The summed E-state index contributed by atoms with van der Waals surface area (Å²) < 4.78 is 4.67. The second-order valence-corrected chi connectivity index (χ2v) is 1.76. The van der Waals surface area contributed by atoms with Gasteiger partial charge in [0.1, 0.15) is 17.2 Å². The number of carbonyl (C=O) groups is 1. The van der Waals surface area contributed by atoms with E-state index in [1.807, 2.05) is 0 Å². The van der Waals surface area contributed by atoms with Gasteiger partial charge >= 0.3 is 0 Å². The first-order valence-corrected chi connectivity index (χ1v) is 3.02. The summed E-state index contributed by atoms with van der Waals surface area (Å²) in [5.41, 5.74) is 0. The minimum Gasteiger partial charge on any atom is -0.411 e. The van der Waals surface area contributed by atoms with Gasteiger partial charge in [0.2, 0.25) is 5.91 Å². The number of carbonyl (C=O) groups excluding carboxylic acids is 1. The molecule has 0 aliphatic heterocycles. The first-order valence-electron chi connectivity index (χ1n) is 2.20. The van der Waals surface area contributed by atoms with Gasteiger partial charge in [-0.3, -0.25) is 4.79 Å². The molecule has 1 amide bonds. The molecular formula is C4H9NO2Si. The Morgan fingerprint density at radius 2 is 2.62 bits per heavy atom. The van der Waals surface area contributed by atoms with Crippen molar-refractivity contribution < 1.29 is 9.22 Å². The van der Waals surface area contributed by atoms with Gasteiger partial charge in [0.15, 0.2) is 0 Å². The van der Waals surface area contributed by atoms with Crippen molar-refractivity contribution in [2.24, 2.45) is 0 Å². The van der Waals surface area contributed by atoms with Crippen LogP contribution in [0, 0.1) is 0 Å². The molecule has 0 aromatic carbocycles. The van der Waals surface area contributed by atoms with E-state index < -0.39 is 0 Å². The third-order valence-corrected chi connectivity index (χ3v) is 0.865. The number of amides is 1. The van der Waals surface area contributed by atoms with Crippen LogP contribution < -0.4 is 5.32 Å². The maximum absolute atomic E-state index is 10.3. The maximum atomic E-state index is 10.3. The molecule has 0 aliphatic rings. The fourth-order valence-electron chi connectivity index (χ4n) is 0.215. The minimum absolute atomic E-state index is 0.194. The highest BCUT2D eigenvalue weighted by Crippen LogP contribution is 1.63. The molecule has 0 fully saturated rings. The number of rotatable bonds is 3. The molecule has 8 heavy (non-hydrogen) atoms. The number of nitrogens with one attached hydrogen (secondary N) is 1. The largest absolute Gasteiger partial charge is 0.411 e. The highest BCUT2D eigenvalue weighted by Gasteiger charge is 1.86. The lowest BCUT2D eigenvalue weighted by Gasteiger charge is -1.96. The average molecular weight is 131 g/mol. The van der Waals surface area contributed by atoms with Crippen LogP contribution in [-0.2, 0) is 9.22 Å². The van der Waals surface area contributed by atoms with Gasteiger partial charge in [-0.25, -0.2) is 0 Å². The summed E-state index contributed by atoms with van der Waals surface area (Å²) >= 11 is 0. The normalized spacial score (nSPS) is 8.50. The molecule has 0 unspecified atom stereocenters. The minimum atomic E-state index is -0.194. The van der Waals surface area contributed by atoms with Crippen LogP contribution in [0.25, 0.3) is 0 Å². The smallest absolute Gasteiger partial charge is 0.245 e. The quantitative estimate of drug-likeness (QED) is 0.289.